The molecule has 0 unspecified atom stereocenters. The van der Waals surface area contributed by atoms with Gasteiger partial charge in [0.15, 0.2) is 0 Å². The van der Waals surface area contributed by atoms with Crippen molar-refractivity contribution < 1.29 is 9.53 Å². The molecule has 0 atom stereocenters. The van der Waals surface area contributed by atoms with Crippen LogP contribution < -0.4 is 10.1 Å². The molecule has 1 N–H and O–H groups in total. The Hall–Kier alpha value is -2.73. The van der Waals surface area contributed by atoms with E-state index in [4.69, 9.17) is 4.74 Å². The lowest BCUT2D eigenvalue weighted by Crippen LogP contribution is -2.25. The van der Waals surface area contributed by atoms with Gasteiger partial charge in [0.25, 0.3) is 0 Å². The summed E-state index contributed by atoms with van der Waals surface area (Å²) >= 11 is 1.57. The van der Waals surface area contributed by atoms with Crippen LogP contribution in [0.5, 0.6) is 5.75 Å². The zero-order valence-electron chi connectivity index (χ0n) is 15.4. The third-order valence-electron chi connectivity index (χ3n) is 4.03. The first-order valence-electron chi connectivity index (χ1n) is 8.98. The van der Waals surface area contributed by atoms with E-state index >= 15 is 0 Å². The second-order valence-corrected chi connectivity index (χ2v) is 7.18. The van der Waals surface area contributed by atoms with Crippen molar-refractivity contribution in [3.05, 3.63) is 76.0 Å². The summed E-state index contributed by atoms with van der Waals surface area (Å²) in [7, 11) is 0. The lowest BCUT2D eigenvalue weighted by molar-refractivity contribution is -0.121. The molecule has 0 bridgehead atoms. The second kappa shape index (κ2) is 9.83. The third kappa shape index (κ3) is 6.49. The molecule has 5 nitrogen and oxygen atoms in total. The zero-order valence-corrected chi connectivity index (χ0v) is 16.2. The molecule has 2 aromatic heterocycles. The van der Waals surface area contributed by atoms with Crippen LogP contribution in [0.25, 0.3) is 0 Å². The molecule has 0 saturated heterocycles. The first kappa shape index (κ1) is 19.0. The van der Waals surface area contributed by atoms with Gasteiger partial charge in [-0.05, 0) is 31.0 Å². The van der Waals surface area contributed by atoms with Crippen LogP contribution in [0.3, 0.4) is 0 Å². The van der Waals surface area contributed by atoms with Gasteiger partial charge < -0.3 is 10.1 Å². The van der Waals surface area contributed by atoms with Crippen LogP contribution in [0.15, 0.2) is 54.0 Å². The van der Waals surface area contributed by atoms with E-state index in [0.29, 0.717) is 19.6 Å². The summed E-state index contributed by atoms with van der Waals surface area (Å²) in [6.45, 7) is 2.97. The normalized spacial score (nSPS) is 10.6. The largest absolute Gasteiger partial charge is 0.485 e. The molecule has 6 heteroatoms. The summed E-state index contributed by atoms with van der Waals surface area (Å²) < 4.78 is 5.69. The first-order valence-corrected chi connectivity index (χ1v) is 9.86. The number of nitrogens with one attached hydrogen (secondary N) is 1. The number of amides is 1. The predicted molar refractivity (Wildman–Crippen MR) is 107 cm³/mol. The maximum Gasteiger partial charge on any atom is 0.220 e. The Morgan fingerprint density at radius 1 is 1.15 bits per heavy atom. The molecule has 1 amide bonds. The molecule has 2 heterocycles. The van der Waals surface area contributed by atoms with Crippen molar-refractivity contribution in [1.82, 2.24) is 15.3 Å². The van der Waals surface area contributed by atoms with Crippen molar-refractivity contribution >= 4 is 17.2 Å². The number of benzene rings is 1. The number of rotatable bonds is 9. The number of carbonyl (C=O) groups is 1. The van der Waals surface area contributed by atoms with E-state index in [1.54, 1.807) is 17.5 Å². The highest BCUT2D eigenvalue weighted by molar-refractivity contribution is 7.09. The average molecular weight is 382 g/mol. The molecule has 0 aliphatic carbocycles. The second-order valence-electron chi connectivity index (χ2n) is 6.24. The van der Waals surface area contributed by atoms with Crippen LogP contribution in [0.2, 0.25) is 0 Å². The Labute approximate surface area is 163 Å². The number of pyridine rings is 1. The number of hydrogen-bond donors (Lipinski definition) is 1. The summed E-state index contributed by atoms with van der Waals surface area (Å²) in [5, 5.41) is 5.89. The molecular formula is C21H23N3O2S. The first-order chi connectivity index (χ1) is 13.2. The van der Waals surface area contributed by atoms with Gasteiger partial charge in [0.05, 0.1) is 11.9 Å². The molecule has 3 rings (SSSR count). The number of aryl methyl sites for hydroxylation is 2. The number of hydrogen-bond acceptors (Lipinski definition) is 5. The average Bonchev–Trinajstić information content (AvgIpc) is 3.14. The Kier molecular flexibility index (Phi) is 6.93. The quantitative estimate of drug-likeness (QED) is 0.614. The van der Waals surface area contributed by atoms with Crippen LogP contribution in [0, 0.1) is 6.92 Å². The van der Waals surface area contributed by atoms with Gasteiger partial charge >= 0.3 is 0 Å². The number of carbonyl (C=O) groups excluding carboxylic acids is 1. The van der Waals surface area contributed by atoms with E-state index in [1.807, 2.05) is 54.8 Å². The van der Waals surface area contributed by atoms with E-state index in [2.05, 4.69) is 15.3 Å². The molecular weight excluding hydrogens is 358 g/mol. The summed E-state index contributed by atoms with van der Waals surface area (Å²) in [6.07, 6.45) is 3.71. The van der Waals surface area contributed by atoms with Gasteiger partial charge in [-0.25, -0.2) is 4.98 Å². The Morgan fingerprint density at radius 3 is 2.78 bits per heavy atom. The van der Waals surface area contributed by atoms with Gasteiger partial charge in [-0.3, -0.25) is 9.78 Å². The van der Waals surface area contributed by atoms with E-state index in [1.165, 1.54) is 5.56 Å². The van der Waals surface area contributed by atoms with Crippen molar-refractivity contribution in [3.63, 3.8) is 0 Å². The minimum Gasteiger partial charge on any atom is -0.485 e. The van der Waals surface area contributed by atoms with Crippen LogP contribution >= 0.6 is 11.3 Å². The highest BCUT2D eigenvalue weighted by Gasteiger charge is 2.06. The lowest BCUT2D eigenvalue weighted by atomic mass is 10.1. The third-order valence-corrected chi connectivity index (χ3v) is 4.90. The molecule has 3 aromatic rings. The fraction of sp³-hybridized carbons (Fsp3) is 0.286. The highest BCUT2D eigenvalue weighted by Crippen LogP contribution is 2.15. The Bertz CT molecular complexity index is 847. The van der Waals surface area contributed by atoms with Gasteiger partial charge in [0.1, 0.15) is 17.4 Å². The monoisotopic (exact) mass is 381 g/mol. The van der Waals surface area contributed by atoms with E-state index < -0.39 is 0 Å². The van der Waals surface area contributed by atoms with E-state index in [0.717, 1.165) is 35.0 Å². The number of nitrogens with zero attached hydrogens (tertiary/aromatic N) is 2. The van der Waals surface area contributed by atoms with Crippen molar-refractivity contribution in [3.8, 4) is 5.75 Å². The van der Waals surface area contributed by atoms with Crippen molar-refractivity contribution in [2.75, 3.05) is 6.54 Å². The van der Waals surface area contributed by atoms with Crippen LogP contribution in [0.1, 0.15) is 28.4 Å². The summed E-state index contributed by atoms with van der Waals surface area (Å²) in [5.74, 6) is 0.813. The van der Waals surface area contributed by atoms with Crippen LogP contribution in [-0.2, 0) is 24.2 Å². The fourth-order valence-corrected chi connectivity index (χ4v) is 3.28. The topological polar surface area (TPSA) is 64.1 Å². The lowest BCUT2D eigenvalue weighted by Gasteiger charge is -2.04. The van der Waals surface area contributed by atoms with Crippen LogP contribution in [0.4, 0.5) is 0 Å². The number of aromatic nitrogens is 2. The zero-order chi connectivity index (χ0) is 18.9. The Morgan fingerprint density at radius 2 is 2.00 bits per heavy atom. The van der Waals surface area contributed by atoms with Crippen molar-refractivity contribution in [2.24, 2.45) is 0 Å². The maximum atomic E-state index is 11.9. The molecule has 0 radical (unpaired) electrons. The molecule has 0 spiro atoms. The van der Waals surface area contributed by atoms with Gasteiger partial charge in [0, 0.05) is 30.5 Å². The minimum atomic E-state index is 0.0736. The van der Waals surface area contributed by atoms with E-state index in [-0.39, 0.29) is 5.91 Å². The van der Waals surface area contributed by atoms with Crippen molar-refractivity contribution in [2.45, 2.75) is 32.8 Å². The van der Waals surface area contributed by atoms with Gasteiger partial charge in [0.2, 0.25) is 5.91 Å². The van der Waals surface area contributed by atoms with Crippen LogP contribution in [-0.4, -0.2) is 22.4 Å². The van der Waals surface area contributed by atoms with Gasteiger partial charge in [-0.1, -0.05) is 30.3 Å². The molecule has 0 aliphatic heterocycles. The molecule has 0 fully saturated rings. The smallest absolute Gasteiger partial charge is 0.220 e. The number of ether oxygens (including phenoxy) is 1. The van der Waals surface area contributed by atoms with Crippen molar-refractivity contribution in [1.29, 1.82) is 0 Å². The molecule has 0 aliphatic rings. The highest BCUT2D eigenvalue weighted by atomic mass is 32.1. The summed E-state index contributed by atoms with van der Waals surface area (Å²) in [5.41, 5.74) is 3.12. The molecule has 27 heavy (non-hydrogen) atoms. The molecule has 1 aromatic carbocycles. The van der Waals surface area contributed by atoms with E-state index in [9.17, 15) is 4.79 Å². The Balaban J connectivity index is 1.35. The maximum absolute atomic E-state index is 11.9. The SMILES string of the molecule is Cc1ccc(OCc2nc(CCNC(=O)CCc3ccccc3)cs2)cn1. The number of thiazole rings is 1. The predicted octanol–water partition coefficient (Wildman–Crippen LogP) is 3.72. The molecule has 140 valence electrons. The summed E-state index contributed by atoms with van der Waals surface area (Å²) in [6, 6.07) is 13.9. The summed E-state index contributed by atoms with van der Waals surface area (Å²) in [4.78, 5) is 20.7. The standard InChI is InChI=1S/C21H23N3O2S/c1-16-7-9-19(13-23-16)26-14-21-24-18(15-27-21)11-12-22-20(25)10-8-17-5-3-2-4-6-17/h2-7,9,13,15H,8,10-12,14H2,1H3,(H,22,25). The van der Waals surface area contributed by atoms with Gasteiger partial charge in [-0.15, -0.1) is 11.3 Å². The fourth-order valence-electron chi connectivity index (χ4n) is 2.54. The molecule has 0 saturated carbocycles. The minimum absolute atomic E-state index is 0.0736. The van der Waals surface area contributed by atoms with Gasteiger partial charge in [-0.2, -0.15) is 0 Å².